The SMILES string of the molecule is CCCN(C(=O)Nc1ccccc1F)C1CCNCC1. The standard InChI is InChI=1S/C15H22FN3O/c1-2-11-19(12-7-9-17-10-8-12)15(20)18-14-6-4-3-5-13(14)16/h3-6,12,17H,2,7-11H2,1H3,(H,18,20). The second-order valence-electron chi connectivity index (χ2n) is 5.08. The minimum atomic E-state index is -0.400. The van der Waals surface area contributed by atoms with Gasteiger partial charge in [-0.15, -0.1) is 0 Å². The zero-order valence-electron chi connectivity index (χ0n) is 11.9. The minimum Gasteiger partial charge on any atom is -0.321 e. The molecule has 1 aromatic rings. The first-order chi connectivity index (χ1) is 9.72. The van der Waals surface area contributed by atoms with Gasteiger partial charge in [0.05, 0.1) is 5.69 Å². The third-order valence-electron chi connectivity index (χ3n) is 3.59. The molecule has 1 heterocycles. The number of carbonyl (C=O) groups excluding carboxylic acids is 1. The number of piperidine rings is 1. The highest BCUT2D eigenvalue weighted by Gasteiger charge is 2.25. The first-order valence-corrected chi connectivity index (χ1v) is 7.25. The molecule has 4 nitrogen and oxygen atoms in total. The van der Waals surface area contributed by atoms with Crippen LogP contribution in [0.4, 0.5) is 14.9 Å². The summed E-state index contributed by atoms with van der Waals surface area (Å²) in [6.07, 6.45) is 2.80. The van der Waals surface area contributed by atoms with Gasteiger partial charge in [0.15, 0.2) is 0 Å². The summed E-state index contributed by atoms with van der Waals surface area (Å²) < 4.78 is 13.6. The van der Waals surface area contributed by atoms with Crippen LogP contribution < -0.4 is 10.6 Å². The van der Waals surface area contributed by atoms with Crippen LogP contribution in [0.1, 0.15) is 26.2 Å². The maximum Gasteiger partial charge on any atom is 0.322 e. The first kappa shape index (κ1) is 14.8. The molecule has 0 bridgehead atoms. The number of para-hydroxylation sites is 1. The Kier molecular flexibility index (Phi) is 5.35. The monoisotopic (exact) mass is 279 g/mol. The van der Waals surface area contributed by atoms with E-state index >= 15 is 0 Å². The van der Waals surface area contributed by atoms with Gasteiger partial charge < -0.3 is 15.5 Å². The van der Waals surface area contributed by atoms with Gasteiger partial charge in [-0.2, -0.15) is 0 Å². The summed E-state index contributed by atoms with van der Waals surface area (Å²) >= 11 is 0. The van der Waals surface area contributed by atoms with Crippen molar-refractivity contribution in [2.45, 2.75) is 32.2 Å². The number of benzene rings is 1. The van der Waals surface area contributed by atoms with Crippen molar-refractivity contribution in [3.05, 3.63) is 30.1 Å². The molecule has 20 heavy (non-hydrogen) atoms. The number of amides is 2. The number of hydrogen-bond acceptors (Lipinski definition) is 2. The zero-order valence-corrected chi connectivity index (χ0v) is 11.9. The van der Waals surface area contributed by atoms with E-state index in [4.69, 9.17) is 0 Å². The van der Waals surface area contributed by atoms with E-state index in [2.05, 4.69) is 10.6 Å². The topological polar surface area (TPSA) is 44.4 Å². The number of nitrogens with zero attached hydrogens (tertiary/aromatic N) is 1. The van der Waals surface area contributed by atoms with Crippen LogP contribution in [-0.2, 0) is 0 Å². The number of anilines is 1. The van der Waals surface area contributed by atoms with Gasteiger partial charge in [0.25, 0.3) is 0 Å². The number of halogens is 1. The first-order valence-electron chi connectivity index (χ1n) is 7.25. The van der Waals surface area contributed by atoms with Crippen molar-refractivity contribution in [3.8, 4) is 0 Å². The van der Waals surface area contributed by atoms with Gasteiger partial charge in [-0.05, 0) is 44.5 Å². The Morgan fingerprint density at radius 3 is 2.75 bits per heavy atom. The van der Waals surface area contributed by atoms with E-state index in [0.717, 1.165) is 32.4 Å². The van der Waals surface area contributed by atoms with Crippen LogP contribution in [0.15, 0.2) is 24.3 Å². The van der Waals surface area contributed by atoms with Crippen LogP contribution in [0.5, 0.6) is 0 Å². The third-order valence-corrected chi connectivity index (χ3v) is 3.59. The smallest absolute Gasteiger partial charge is 0.321 e. The molecule has 0 radical (unpaired) electrons. The molecule has 110 valence electrons. The minimum absolute atomic E-state index is 0.205. The lowest BCUT2D eigenvalue weighted by Crippen LogP contribution is -2.48. The van der Waals surface area contributed by atoms with E-state index < -0.39 is 5.82 Å². The molecule has 1 saturated heterocycles. The Balaban J connectivity index is 2.04. The van der Waals surface area contributed by atoms with Gasteiger partial charge in [0.1, 0.15) is 5.82 Å². The molecule has 2 rings (SSSR count). The number of rotatable bonds is 4. The van der Waals surface area contributed by atoms with Crippen LogP contribution >= 0.6 is 0 Å². The highest BCUT2D eigenvalue weighted by Crippen LogP contribution is 2.17. The number of urea groups is 1. The van der Waals surface area contributed by atoms with Crippen LogP contribution in [-0.4, -0.2) is 36.6 Å². The van der Waals surface area contributed by atoms with E-state index in [-0.39, 0.29) is 17.8 Å². The van der Waals surface area contributed by atoms with Crippen LogP contribution in [0, 0.1) is 5.82 Å². The molecule has 0 aromatic heterocycles. The van der Waals surface area contributed by atoms with Crippen molar-refractivity contribution in [1.29, 1.82) is 0 Å². The van der Waals surface area contributed by atoms with E-state index in [1.165, 1.54) is 6.07 Å². The molecule has 1 aromatic carbocycles. The lowest BCUT2D eigenvalue weighted by molar-refractivity contribution is 0.171. The van der Waals surface area contributed by atoms with Gasteiger partial charge in [0, 0.05) is 12.6 Å². The molecular weight excluding hydrogens is 257 g/mol. The summed E-state index contributed by atoms with van der Waals surface area (Å²) in [6.45, 7) is 4.60. The fourth-order valence-corrected chi connectivity index (χ4v) is 2.56. The van der Waals surface area contributed by atoms with Crippen molar-refractivity contribution >= 4 is 11.7 Å². The normalized spacial score (nSPS) is 15.9. The molecular formula is C15H22FN3O. The van der Waals surface area contributed by atoms with Gasteiger partial charge in [-0.25, -0.2) is 9.18 Å². The summed E-state index contributed by atoms with van der Waals surface area (Å²) in [6, 6.07) is 6.30. The average Bonchev–Trinajstić information content (AvgIpc) is 2.48. The fraction of sp³-hybridized carbons (Fsp3) is 0.533. The van der Waals surface area contributed by atoms with Gasteiger partial charge in [-0.1, -0.05) is 19.1 Å². The van der Waals surface area contributed by atoms with E-state index in [1.54, 1.807) is 18.2 Å². The van der Waals surface area contributed by atoms with Crippen LogP contribution in [0.2, 0.25) is 0 Å². The largest absolute Gasteiger partial charge is 0.322 e. The molecule has 2 amide bonds. The van der Waals surface area contributed by atoms with Crippen molar-refractivity contribution in [3.63, 3.8) is 0 Å². The molecule has 0 spiro atoms. The van der Waals surface area contributed by atoms with Crippen LogP contribution in [0.25, 0.3) is 0 Å². The van der Waals surface area contributed by atoms with Gasteiger partial charge in [0.2, 0.25) is 0 Å². The maximum absolute atomic E-state index is 13.6. The molecule has 0 aliphatic carbocycles. The Hall–Kier alpha value is -1.62. The Morgan fingerprint density at radius 1 is 1.40 bits per heavy atom. The van der Waals surface area contributed by atoms with Gasteiger partial charge in [-0.3, -0.25) is 0 Å². The number of carbonyl (C=O) groups is 1. The second kappa shape index (κ2) is 7.24. The van der Waals surface area contributed by atoms with E-state index in [0.29, 0.717) is 6.54 Å². The Bertz CT molecular complexity index is 446. The molecule has 0 unspecified atom stereocenters. The predicted molar refractivity (Wildman–Crippen MR) is 78.3 cm³/mol. The molecule has 0 saturated carbocycles. The highest BCUT2D eigenvalue weighted by atomic mass is 19.1. The quantitative estimate of drug-likeness (QED) is 0.890. The molecule has 5 heteroatoms. The average molecular weight is 279 g/mol. The summed E-state index contributed by atoms with van der Waals surface area (Å²) in [5, 5.41) is 5.98. The van der Waals surface area contributed by atoms with Crippen molar-refractivity contribution in [2.75, 3.05) is 25.0 Å². The highest BCUT2D eigenvalue weighted by molar-refractivity contribution is 5.89. The van der Waals surface area contributed by atoms with Crippen molar-refractivity contribution in [2.24, 2.45) is 0 Å². The zero-order chi connectivity index (χ0) is 14.4. The van der Waals surface area contributed by atoms with Gasteiger partial charge >= 0.3 is 6.03 Å². The van der Waals surface area contributed by atoms with E-state index in [1.807, 2.05) is 11.8 Å². The lowest BCUT2D eigenvalue weighted by atomic mass is 10.0. The Morgan fingerprint density at radius 2 is 2.10 bits per heavy atom. The summed E-state index contributed by atoms with van der Waals surface area (Å²) in [7, 11) is 0. The van der Waals surface area contributed by atoms with Crippen molar-refractivity contribution in [1.82, 2.24) is 10.2 Å². The number of nitrogens with one attached hydrogen (secondary N) is 2. The second-order valence-corrected chi connectivity index (χ2v) is 5.08. The summed E-state index contributed by atoms with van der Waals surface area (Å²) in [4.78, 5) is 14.2. The molecule has 1 aliphatic heterocycles. The molecule has 2 N–H and O–H groups in total. The summed E-state index contributed by atoms with van der Waals surface area (Å²) in [5.74, 6) is -0.400. The lowest BCUT2D eigenvalue weighted by Gasteiger charge is -2.34. The molecule has 1 aliphatic rings. The van der Waals surface area contributed by atoms with Crippen LogP contribution in [0.3, 0.4) is 0 Å². The third kappa shape index (κ3) is 3.70. The van der Waals surface area contributed by atoms with E-state index in [9.17, 15) is 9.18 Å². The fourth-order valence-electron chi connectivity index (χ4n) is 2.56. The summed E-state index contributed by atoms with van der Waals surface area (Å²) in [5.41, 5.74) is 0.243. The molecule has 0 atom stereocenters. The molecule has 1 fully saturated rings. The predicted octanol–water partition coefficient (Wildman–Crippen LogP) is 2.82. The van der Waals surface area contributed by atoms with Crippen molar-refractivity contribution < 1.29 is 9.18 Å². The maximum atomic E-state index is 13.6. The Labute approximate surface area is 119 Å². The number of hydrogen-bond donors (Lipinski definition) is 2.